The van der Waals surface area contributed by atoms with Gasteiger partial charge in [-0.15, -0.1) is 0 Å². The van der Waals surface area contributed by atoms with Gasteiger partial charge in [-0.1, -0.05) is 212 Å². The maximum absolute atomic E-state index is 11.5. The van der Waals surface area contributed by atoms with Crippen molar-refractivity contribution in [1.82, 2.24) is 0 Å². The van der Waals surface area contributed by atoms with Crippen LogP contribution in [-0.4, -0.2) is 19.2 Å². The molecule has 14 rings (SSSR count). The Morgan fingerprint density at radius 1 is 0.395 bits per heavy atom. The number of fused-ring (bicyclic) bond motifs is 6. The van der Waals surface area contributed by atoms with Crippen LogP contribution in [0, 0.1) is 28.6 Å². The maximum Gasteiger partial charge on any atom is 0.333 e. The standard InChI is InChI=1S/C83H88O3/c1-8-80-46-48-81(9-2,49-47-80)83(80)75-53-65(63-26-22-59(23-27-63)58-20-18-57(5)19-21-58)33-39-71(75)72-41-35-67(55-76(72)83)66-34-40-70-69-38-32-64(52-73(69)82(74(70)54-66)78(6)42-44-79(82,7)45-43-78)62-28-24-60(25-29-62)61-30-36-68(37-31-61)85-50-16-14-12-10-11-13-15-17-51-86-77(84)56(3)4/h18-41,52-55H,3,8-17,42-51H2,1-2,4-7H3. The summed E-state index contributed by atoms with van der Waals surface area (Å²) in [6.45, 7) is 19.1. The summed E-state index contributed by atoms with van der Waals surface area (Å²) in [5, 5.41) is 0. The molecular weight excluding hydrogens is 1040 g/mol. The van der Waals surface area contributed by atoms with Crippen molar-refractivity contribution >= 4 is 5.97 Å². The molecule has 0 atom stereocenters. The Bertz CT molecular complexity index is 3840. The van der Waals surface area contributed by atoms with Crippen LogP contribution in [0.3, 0.4) is 0 Å². The first kappa shape index (κ1) is 56.6. The second-order valence-corrected chi connectivity index (χ2v) is 28.1. The highest BCUT2D eigenvalue weighted by Crippen LogP contribution is 2.81. The molecule has 0 heterocycles. The van der Waals surface area contributed by atoms with Gasteiger partial charge in [0.05, 0.1) is 13.2 Å². The summed E-state index contributed by atoms with van der Waals surface area (Å²) in [5.74, 6) is 0.654. The van der Waals surface area contributed by atoms with E-state index in [-0.39, 0.29) is 38.5 Å². The Hall–Kier alpha value is -7.23. The molecule has 438 valence electrons. The molecular formula is C83H88O3. The summed E-state index contributed by atoms with van der Waals surface area (Å²) in [4.78, 5) is 11.5. The minimum Gasteiger partial charge on any atom is -0.494 e. The number of aryl methyl sites for hydroxylation is 1. The molecule has 0 saturated heterocycles. The molecule has 0 aliphatic heterocycles. The first-order valence-corrected chi connectivity index (χ1v) is 33.2. The Kier molecular flexibility index (Phi) is 14.4. The fraction of sp³-hybridized carbons (Fsp3) is 0.386. The summed E-state index contributed by atoms with van der Waals surface area (Å²) >= 11 is 0. The zero-order valence-corrected chi connectivity index (χ0v) is 52.2. The predicted octanol–water partition coefficient (Wildman–Crippen LogP) is 22.5. The Morgan fingerprint density at radius 3 is 1.07 bits per heavy atom. The molecule has 4 saturated carbocycles. The van der Waals surface area contributed by atoms with E-state index in [1.165, 1.54) is 180 Å². The van der Waals surface area contributed by atoms with E-state index < -0.39 is 0 Å². The van der Waals surface area contributed by atoms with Crippen molar-refractivity contribution < 1.29 is 14.3 Å². The number of benzene rings is 8. The normalized spacial score (nSPS) is 25.0. The molecule has 4 bridgehead atoms. The van der Waals surface area contributed by atoms with Gasteiger partial charge in [-0.3, -0.25) is 0 Å². The van der Waals surface area contributed by atoms with E-state index in [1.54, 1.807) is 29.2 Å². The highest BCUT2D eigenvalue weighted by Gasteiger charge is 2.74. The van der Waals surface area contributed by atoms with Gasteiger partial charge in [0, 0.05) is 16.4 Å². The third kappa shape index (κ3) is 8.65. The number of hydrogen-bond donors (Lipinski definition) is 0. The molecule has 0 N–H and O–H groups in total. The lowest BCUT2D eigenvalue weighted by Crippen LogP contribution is -2.45. The summed E-state index contributed by atoms with van der Waals surface area (Å²) < 4.78 is 11.4. The number of unbranched alkanes of at least 4 members (excludes halogenated alkanes) is 7. The molecule has 0 aromatic heterocycles. The second-order valence-electron chi connectivity index (χ2n) is 28.1. The van der Waals surface area contributed by atoms with Crippen molar-refractivity contribution in [2.24, 2.45) is 21.7 Å². The van der Waals surface area contributed by atoms with Crippen LogP contribution in [0.25, 0.3) is 77.9 Å². The minimum absolute atomic E-state index is 0.0218. The van der Waals surface area contributed by atoms with Gasteiger partial charge in [0.15, 0.2) is 0 Å². The van der Waals surface area contributed by atoms with Gasteiger partial charge in [-0.25, -0.2) is 4.79 Å². The van der Waals surface area contributed by atoms with Gasteiger partial charge >= 0.3 is 5.97 Å². The molecule has 8 aromatic rings. The van der Waals surface area contributed by atoms with Crippen LogP contribution in [0.15, 0.2) is 182 Å². The molecule has 8 aromatic carbocycles. The van der Waals surface area contributed by atoms with Crippen LogP contribution in [0.2, 0.25) is 0 Å². The molecule has 6 aliphatic rings. The fourth-order valence-electron chi connectivity index (χ4n) is 19.3. The fourth-order valence-corrected chi connectivity index (χ4v) is 19.3. The number of rotatable bonds is 20. The zero-order chi connectivity index (χ0) is 59.1. The van der Waals surface area contributed by atoms with E-state index in [4.69, 9.17) is 9.47 Å². The van der Waals surface area contributed by atoms with Gasteiger partial charge in [0.25, 0.3) is 0 Å². The second kappa shape index (κ2) is 21.9. The lowest BCUT2D eigenvalue weighted by Gasteiger charge is -2.47. The van der Waals surface area contributed by atoms with Gasteiger partial charge < -0.3 is 9.47 Å². The molecule has 4 fully saturated rings. The maximum atomic E-state index is 11.5. The van der Waals surface area contributed by atoms with Crippen LogP contribution in [0.4, 0.5) is 0 Å². The van der Waals surface area contributed by atoms with E-state index in [1.807, 2.05) is 0 Å². The summed E-state index contributed by atoms with van der Waals surface area (Å²) in [6, 6.07) is 66.9. The van der Waals surface area contributed by atoms with E-state index in [9.17, 15) is 4.79 Å². The number of carbonyl (C=O) groups is 1. The Morgan fingerprint density at radius 2 is 0.698 bits per heavy atom. The average molecular weight is 1130 g/mol. The van der Waals surface area contributed by atoms with Crippen molar-refractivity contribution in [3.05, 3.63) is 210 Å². The summed E-state index contributed by atoms with van der Waals surface area (Å²) in [7, 11) is 0. The highest BCUT2D eigenvalue weighted by molar-refractivity contribution is 5.91. The number of ether oxygens (including phenoxy) is 2. The molecule has 0 amide bonds. The van der Waals surface area contributed by atoms with Crippen LogP contribution < -0.4 is 4.74 Å². The van der Waals surface area contributed by atoms with Crippen molar-refractivity contribution in [3.63, 3.8) is 0 Å². The minimum atomic E-state index is -0.281. The first-order chi connectivity index (χ1) is 41.8. The first-order valence-electron chi connectivity index (χ1n) is 33.2. The topological polar surface area (TPSA) is 35.5 Å². The Balaban J connectivity index is 0.716. The van der Waals surface area contributed by atoms with Crippen molar-refractivity contribution in [1.29, 1.82) is 0 Å². The van der Waals surface area contributed by atoms with Crippen LogP contribution in [0.5, 0.6) is 5.75 Å². The van der Waals surface area contributed by atoms with Crippen molar-refractivity contribution in [3.8, 4) is 83.6 Å². The third-order valence-corrected chi connectivity index (χ3v) is 23.9. The van der Waals surface area contributed by atoms with Crippen molar-refractivity contribution in [2.75, 3.05) is 13.2 Å². The van der Waals surface area contributed by atoms with Gasteiger partial charge in [0.1, 0.15) is 5.75 Å². The van der Waals surface area contributed by atoms with Crippen LogP contribution >= 0.6 is 0 Å². The third-order valence-electron chi connectivity index (χ3n) is 23.9. The van der Waals surface area contributed by atoms with E-state index in [0.29, 0.717) is 12.2 Å². The van der Waals surface area contributed by atoms with Crippen LogP contribution in [0.1, 0.15) is 178 Å². The monoisotopic (exact) mass is 1130 g/mol. The molecule has 2 spiro atoms. The molecule has 3 nitrogen and oxygen atoms in total. The lowest BCUT2D eigenvalue weighted by atomic mass is 9.55. The molecule has 86 heavy (non-hydrogen) atoms. The zero-order valence-electron chi connectivity index (χ0n) is 52.2. The molecule has 6 aliphatic carbocycles. The SMILES string of the molecule is C=C(C)C(=O)OCCCCCCCCCCOc1ccc(-c2ccc(-c3ccc4c(c3)C3(c5cc(-c6ccc7c(c6)C6(c8cc(-c9ccc(-c%10ccc(C)cc%10)cc9)ccc8-7)C7(CC)CCC6(CC)CC7)ccc5-4)C4(C)CCC3(C)CC4)cc2)cc1. The van der Waals surface area contributed by atoms with Gasteiger partial charge in [-0.05, 0) is 249 Å². The number of carbonyl (C=O) groups excluding carboxylic acids is 1. The van der Waals surface area contributed by atoms with Gasteiger partial charge in [0.2, 0.25) is 0 Å². The molecule has 3 heteroatoms. The smallest absolute Gasteiger partial charge is 0.333 e. The Labute approximate surface area is 513 Å². The molecule has 0 radical (unpaired) electrons. The molecule has 0 unspecified atom stereocenters. The van der Waals surface area contributed by atoms with Crippen LogP contribution in [-0.2, 0) is 20.4 Å². The van der Waals surface area contributed by atoms with Gasteiger partial charge in [-0.2, -0.15) is 0 Å². The van der Waals surface area contributed by atoms with E-state index in [0.717, 1.165) is 31.6 Å². The number of esters is 1. The number of hydrogen-bond acceptors (Lipinski definition) is 3. The summed E-state index contributed by atoms with van der Waals surface area (Å²) in [6.07, 6.45) is 21.9. The highest BCUT2D eigenvalue weighted by atomic mass is 16.5. The van der Waals surface area contributed by atoms with E-state index >= 15 is 0 Å². The average Bonchev–Trinajstić information content (AvgIpc) is 1.49. The largest absolute Gasteiger partial charge is 0.494 e. The lowest BCUT2D eigenvalue weighted by molar-refractivity contribution is -0.139. The van der Waals surface area contributed by atoms with E-state index in [2.05, 4.69) is 211 Å². The summed E-state index contributed by atoms with van der Waals surface area (Å²) in [5.41, 5.74) is 27.7. The predicted molar refractivity (Wildman–Crippen MR) is 358 cm³/mol. The quantitative estimate of drug-likeness (QED) is 0.0433. The van der Waals surface area contributed by atoms with Crippen molar-refractivity contribution in [2.45, 2.75) is 168 Å².